The van der Waals surface area contributed by atoms with Gasteiger partial charge in [-0.05, 0) is 88.0 Å². The lowest BCUT2D eigenvalue weighted by molar-refractivity contribution is -0.230. The molecule has 7 amide bonds. The van der Waals surface area contributed by atoms with Gasteiger partial charge < -0.3 is 36.0 Å². The molecule has 2 fully saturated rings. The predicted molar refractivity (Wildman–Crippen MR) is 230 cm³/mol. The van der Waals surface area contributed by atoms with Crippen LogP contribution in [0.1, 0.15) is 115 Å². The molecule has 0 aromatic heterocycles. The van der Waals surface area contributed by atoms with Gasteiger partial charge in [0.1, 0.15) is 41.7 Å². The zero-order chi connectivity index (χ0) is 49.2. The Morgan fingerprint density at radius 3 is 2.18 bits per heavy atom. The highest BCUT2D eigenvalue weighted by molar-refractivity contribution is 6.33. The summed E-state index contributed by atoms with van der Waals surface area (Å²) in [7, 11) is 2.63. The fourth-order valence-corrected chi connectivity index (χ4v) is 8.35. The molecule has 0 spiro atoms. The van der Waals surface area contributed by atoms with Crippen LogP contribution in [-0.4, -0.2) is 126 Å². The minimum atomic E-state index is -4.85. The minimum Gasteiger partial charge on any atom is -0.344 e. The van der Waals surface area contributed by atoms with E-state index in [2.05, 4.69) is 21.3 Å². The van der Waals surface area contributed by atoms with Gasteiger partial charge in [0, 0.05) is 48.2 Å². The molecule has 0 unspecified atom stereocenters. The number of likely N-dealkylation sites (N-methyl/N-ethyl adjacent to an activating group) is 3. The fraction of sp³-hybridized carbons (Fsp3) is 0.698. The Bertz CT molecular complexity index is 1890. The second kappa shape index (κ2) is 23.0. The summed E-state index contributed by atoms with van der Waals surface area (Å²) in [4.78, 5) is 101. The molecule has 19 heteroatoms. The normalized spacial score (nSPS) is 24.2. The third-order valence-corrected chi connectivity index (χ3v) is 12.4. The molecule has 3 rings (SSSR count). The molecule has 2 aliphatic rings. The van der Waals surface area contributed by atoms with Crippen molar-refractivity contribution >= 4 is 64.6 Å². The van der Waals surface area contributed by atoms with Gasteiger partial charge in [0.2, 0.25) is 41.4 Å². The zero-order valence-electron chi connectivity index (χ0n) is 39.6. The van der Waals surface area contributed by atoms with E-state index in [1.165, 1.54) is 46.1 Å². The zero-order valence-corrected chi connectivity index (χ0v) is 38.1. The number of alkyl halides is 3. The van der Waals surface area contributed by atoms with Crippen molar-refractivity contribution in [1.29, 1.82) is 0 Å². The van der Waals surface area contributed by atoms with Gasteiger partial charge in [0.25, 0.3) is 0 Å². The number of halogens is 5. The molecule has 1 aliphatic carbocycles. The minimum absolute atomic E-state index is 0.00506. The van der Waals surface area contributed by atoms with Crippen molar-refractivity contribution in [3.05, 3.63) is 33.8 Å². The first kappa shape index (κ1) is 47.4. The SMILES string of the molecule is [2H]C([2H])([2H])N1CCCC[C@H](N(C)C(=O)[C@H](C)NC(=O)[C@H](CC)NC(=O)C2(C(F)(F)F)CCCCC2)C(=O)N[C@@H](CC(C)C)C(=O)N(C)[C@@H](Cc2cc(Cl)ccc2Cl)C(=O)N[C@H](CC)C1=O. The van der Waals surface area contributed by atoms with Crippen molar-refractivity contribution in [3.63, 3.8) is 0 Å². The summed E-state index contributed by atoms with van der Waals surface area (Å²) in [5, 5.41) is 10.6. The van der Waals surface area contributed by atoms with E-state index in [-0.39, 0.29) is 80.3 Å². The van der Waals surface area contributed by atoms with E-state index in [4.69, 9.17) is 27.3 Å². The van der Waals surface area contributed by atoms with Crippen molar-refractivity contribution in [2.75, 3.05) is 27.6 Å². The first-order chi connectivity index (χ1) is 30.2. The molecule has 6 atom stereocenters. The first-order valence-corrected chi connectivity index (χ1v) is 22.0. The van der Waals surface area contributed by atoms with Crippen LogP contribution in [0, 0.1) is 11.3 Å². The molecule has 62 heavy (non-hydrogen) atoms. The van der Waals surface area contributed by atoms with Crippen molar-refractivity contribution in [1.82, 2.24) is 36.0 Å². The second-order valence-corrected chi connectivity index (χ2v) is 17.7. The van der Waals surface area contributed by atoms with Gasteiger partial charge in [-0.3, -0.25) is 33.6 Å². The van der Waals surface area contributed by atoms with Crippen LogP contribution in [-0.2, 0) is 40.0 Å². The van der Waals surface area contributed by atoms with Crippen molar-refractivity contribution < 1.29 is 50.8 Å². The first-order valence-electron chi connectivity index (χ1n) is 22.8. The number of hydrogen-bond acceptors (Lipinski definition) is 7. The lowest BCUT2D eigenvalue weighted by Gasteiger charge is -2.38. The van der Waals surface area contributed by atoms with Crippen molar-refractivity contribution in [2.24, 2.45) is 11.3 Å². The molecule has 1 heterocycles. The average molecular weight is 922 g/mol. The number of rotatable bonds is 12. The quantitative estimate of drug-likeness (QED) is 0.224. The third kappa shape index (κ3) is 13.2. The maximum Gasteiger partial charge on any atom is 0.403 e. The fourth-order valence-electron chi connectivity index (χ4n) is 7.97. The van der Waals surface area contributed by atoms with E-state index in [0.29, 0.717) is 16.9 Å². The van der Waals surface area contributed by atoms with Gasteiger partial charge in [-0.25, -0.2) is 0 Å². The third-order valence-electron chi connectivity index (χ3n) is 11.8. The van der Waals surface area contributed by atoms with E-state index in [1.54, 1.807) is 6.92 Å². The van der Waals surface area contributed by atoms with Crippen LogP contribution in [0.25, 0.3) is 0 Å². The molecule has 4 N–H and O–H groups in total. The van der Waals surface area contributed by atoms with Gasteiger partial charge in [0.15, 0.2) is 0 Å². The Hall–Kier alpha value is -4.12. The number of carbonyl (C=O) groups excluding carboxylic acids is 7. The Kier molecular flexibility index (Phi) is 17.6. The topological polar surface area (TPSA) is 177 Å². The highest BCUT2D eigenvalue weighted by Crippen LogP contribution is 2.49. The van der Waals surface area contributed by atoms with Crippen LogP contribution in [0.4, 0.5) is 13.2 Å². The molecule has 348 valence electrons. The molecular weight excluding hydrogens is 854 g/mol. The number of benzene rings is 1. The van der Waals surface area contributed by atoms with Crippen LogP contribution < -0.4 is 21.3 Å². The van der Waals surface area contributed by atoms with Gasteiger partial charge in [-0.15, -0.1) is 0 Å². The summed E-state index contributed by atoms with van der Waals surface area (Å²) in [5.41, 5.74) is -2.27. The molecule has 1 aromatic rings. The van der Waals surface area contributed by atoms with Gasteiger partial charge >= 0.3 is 6.18 Å². The van der Waals surface area contributed by atoms with Gasteiger partial charge in [0.05, 0.1) is 0 Å². The Labute approximate surface area is 377 Å². The molecule has 1 aromatic carbocycles. The van der Waals surface area contributed by atoms with Crippen LogP contribution in [0.5, 0.6) is 0 Å². The lowest BCUT2D eigenvalue weighted by Crippen LogP contribution is -2.60. The van der Waals surface area contributed by atoms with E-state index < -0.39 is 109 Å². The summed E-state index contributed by atoms with van der Waals surface area (Å²) in [5.74, 6) is -6.44. The highest BCUT2D eigenvalue weighted by atomic mass is 35.5. The van der Waals surface area contributed by atoms with E-state index in [1.807, 2.05) is 13.8 Å². The van der Waals surface area contributed by atoms with Crippen molar-refractivity contribution in [3.8, 4) is 0 Å². The number of amides is 7. The lowest BCUT2D eigenvalue weighted by atomic mass is 9.72. The summed E-state index contributed by atoms with van der Waals surface area (Å²) in [6, 6.07) is -3.49. The summed E-state index contributed by atoms with van der Waals surface area (Å²) >= 11 is 12.8. The maximum atomic E-state index is 14.5. The molecule has 0 radical (unpaired) electrons. The smallest absolute Gasteiger partial charge is 0.344 e. The standard InChI is InChI=1S/C43H64Cl2F3N7O7/c1-9-30(52-41(62)42(43(46,47)48)19-13-11-14-20-42)35(56)49-26(5)38(59)54(7)33-16-12-15-21-53(6)39(60)31(10-2)50-37(58)34(24-27-23-28(44)17-18-29(27)45)55(8)40(61)32(22-25(3)4)51-36(33)57/h17-18,23,25-26,30-34H,9-16,19-22,24H2,1-8H3,(H,49,56)(H,50,58)(H,51,57)(H,52,62)/t26-,30-,31+,32-,33-,34-/m0/s1/i6D3. The average Bonchev–Trinajstić information content (AvgIpc) is 3.23. The highest BCUT2D eigenvalue weighted by Gasteiger charge is 2.60. The molecule has 1 aliphatic heterocycles. The predicted octanol–water partition coefficient (Wildman–Crippen LogP) is 5.17. The molecule has 14 nitrogen and oxygen atoms in total. The van der Waals surface area contributed by atoms with E-state index in [0.717, 1.165) is 9.80 Å². The second-order valence-electron chi connectivity index (χ2n) is 16.8. The Morgan fingerprint density at radius 1 is 0.952 bits per heavy atom. The number of nitrogens with one attached hydrogen (secondary N) is 4. The Morgan fingerprint density at radius 2 is 1.60 bits per heavy atom. The number of carbonyl (C=O) groups is 7. The van der Waals surface area contributed by atoms with Gasteiger partial charge in [-0.2, -0.15) is 13.2 Å². The summed E-state index contributed by atoms with van der Waals surface area (Å²) in [6.07, 6.45) is -4.97. The van der Waals surface area contributed by atoms with Crippen molar-refractivity contribution in [2.45, 2.75) is 154 Å². The molecule has 0 bridgehead atoms. The molecular formula is C43H64Cl2F3N7O7. The molecule has 1 saturated heterocycles. The van der Waals surface area contributed by atoms with Crippen LogP contribution in [0.15, 0.2) is 18.2 Å². The van der Waals surface area contributed by atoms with E-state index in [9.17, 15) is 46.7 Å². The van der Waals surface area contributed by atoms with Gasteiger partial charge in [-0.1, -0.05) is 70.2 Å². The van der Waals surface area contributed by atoms with Crippen LogP contribution in [0.3, 0.4) is 0 Å². The van der Waals surface area contributed by atoms with E-state index >= 15 is 0 Å². The summed E-state index contributed by atoms with van der Waals surface area (Å²) in [6.45, 7) is 4.74. The summed E-state index contributed by atoms with van der Waals surface area (Å²) < 4.78 is 67.4. The van der Waals surface area contributed by atoms with Crippen LogP contribution >= 0.6 is 23.2 Å². The van der Waals surface area contributed by atoms with Crippen LogP contribution in [0.2, 0.25) is 10.0 Å². The monoisotopic (exact) mass is 920 g/mol. The largest absolute Gasteiger partial charge is 0.403 e. The number of hydrogen-bond donors (Lipinski definition) is 4. The molecule has 1 saturated carbocycles. The Balaban J connectivity index is 2.00. The number of nitrogens with zero attached hydrogens (tertiary/aromatic N) is 3. The maximum absolute atomic E-state index is 14.5.